The summed E-state index contributed by atoms with van der Waals surface area (Å²) in [5.74, 6) is 0.423. The normalized spacial score (nSPS) is 15.6. The van der Waals surface area contributed by atoms with Crippen molar-refractivity contribution in [2.45, 2.75) is 25.8 Å². The van der Waals surface area contributed by atoms with Crippen LogP contribution in [0.5, 0.6) is 0 Å². The van der Waals surface area contributed by atoms with Crippen molar-refractivity contribution < 1.29 is 9.18 Å². The number of nitrogens with one attached hydrogen (secondary N) is 2. The minimum absolute atomic E-state index is 0.108. The number of rotatable bonds is 7. The van der Waals surface area contributed by atoms with Gasteiger partial charge in [0.2, 0.25) is 5.91 Å². The lowest BCUT2D eigenvalue weighted by atomic mass is 9.99. The Labute approximate surface area is 187 Å². The molecule has 0 saturated carbocycles. The zero-order chi connectivity index (χ0) is 21.6. The number of hydrogen-bond donors (Lipinski definition) is 2. The average Bonchev–Trinajstić information content (AvgIpc) is 3.31. The van der Waals surface area contributed by atoms with Crippen molar-refractivity contribution in [1.82, 2.24) is 5.32 Å². The quantitative estimate of drug-likeness (QED) is 0.517. The van der Waals surface area contributed by atoms with Crippen molar-refractivity contribution in [1.29, 1.82) is 0 Å². The number of halogens is 1. The van der Waals surface area contributed by atoms with Gasteiger partial charge in [0, 0.05) is 29.3 Å². The lowest BCUT2D eigenvalue weighted by Gasteiger charge is -2.32. The molecule has 2 heterocycles. The van der Waals surface area contributed by atoms with Gasteiger partial charge in [-0.3, -0.25) is 10.1 Å². The Bertz CT molecular complexity index is 965. The molecule has 1 saturated heterocycles. The van der Waals surface area contributed by atoms with Crippen LogP contribution in [0.4, 0.5) is 15.8 Å². The van der Waals surface area contributed by atoms with E-state index in [0.717, 1.165) is 35.1 Å². The Morgan fingerprint density at radius 3 is 2.45 bits per heavy atom. The summed E-state index contributed by atoms with van der Waals surface area (Å²) in [5.41, 5.74) is 2.92. The maximum atomic E-state index is 13.3. The molecule has 4 rings (SSSR count). The standard InChI is InChI=1S/C25H28FN3OS/c1-18-12-14-29(15-13-18)22-10-8-21(9-11-22)28-24(30)17-27-25(23-3-2-16-31-23)19-4-6-20(26)7-5-19/h2-11,16,18,25,27H,12-15,17H2,1H3,(H,28,30)/t25-/m1/s1. The second kappa shape index (κ2) is 10.1. The predicted octanol–water partition coefficient (Wildman–Crippen LogP) is 5.44. The largest absolute Gasteiger partial charge is 0.372 e. The fourth-order valence-corrected chi connectivity index (χ4v) is 4.74. The van der Waals surface area contributed by atoms with Gasteiger partial charge in [-0.05, 0) is 72.2 Å². The number of anilines is 2. The Morgan fingerprint density at radius 2 is 1.81 bits per heavy atom. The van der Waals surface area contributed by atoms with Gasteiger partial charge in [0.1, 0.15) is 5.82 Å². The molecule has 2 aromatic carbocycles. The fourth-order valence-electron chi connectivity index (χ4n) is 3.92. The summed E-state index contributed by atoms with van der Waals surface area (Å²) in [6.07, 6.45) is 2.45. The molecular formula is C25H28FN3OS. The van der Waals surface area contributed by atoms with E-state index in [1.165, 1.54) is 30.7 Å². The highest BCUT2D eigenvalue weighted by atomic mass is 32.1. The average molecular weight is 438 g/mol. The molecule has 6 heteroatoms. The first-order chi connectivity index (χ1) is 15.1. The first kappa shape index (κ1) is 21.5. The Hall–Kier alpha value is -2.70. The van der Waals surface area contributed by atoms with Crippen molar-refractivity contribution in [3.05, 3.63) is 82.3 Å². The van der Waals surface area contributed by atoms with Gasteiger partial charge in [-0.15, -0.1) is 11.3 Å². The van der Waals surface area contributed by atoms with E-state index in [1.807, 2.05) is 29.6 Å². The predicted molar refractivity (Wildman–Crippen MR) is 126 cm³/mol. The molecular weight excluding hydrogens is 409 g/mol. The number of carbonyl (C=O) groups is 1. The highest BCUT2D eigenvalue weighted by Gasteiger charge is 2.17. The summed E-state index contributed by atoms with van der Waals surface area (Å²) in [4.78, 5) is 16.0. The highest BCUT2D eigenvalue weighted by molar-refractivity contribution is 7.10. The third-order valence-electron chi connectivity index (χ3n) is 5.80. The van der Waals surface area contributed by atoms with E-state index < -0.39 is 0 Å². The molecule has 1 aliphatic rings. The molecule has 1 aliphatic heterocycles. The first-order valence-corrected chi connectivity index (χ1v) is 11.6. The molecule has 0 spiro atoms. The molecule has 2 N–H and O–H groups in total. The summed E-state index contributed by atoms with van der Waals surface area (Å²) in [5, 5.41) is 8.27. The molecule has 1 fully saturated rings. The Balaban J connectivity index is 1.34. The van der Waals surface area contributed by atoms with Crippen molar-refractivity contribution in [3.63, 3.8) is 0 Å². The molecule has 4 nitrogen and oxygen atoms in total. The highest BCUT2D eigenvalue weighted by Crippen LogP contribution is 2.27. The van der Waals surface area contributed by atoms with E-state index >= 15 is 0 Å². The van der Waals surface area contributed by atoms with Crippen LogP contribution in [0.25, 0.3) is 0 Å². The molecule has 31 heavy (non-hydrogen) atoms. The van der Waals surface area contributed by atoms with Gasteiger partial charge in [-0.1, -0.05) is 25.1 Å². The van der Waals surface area contributed by atoms with Gasteiger partial charge >= 0.3 is 0 Å². The van der Waals surface area contributed by atoms with Crippen LogP contribution in [-0.2, 0) is 4.79 Å². The number of carbonyl (C=O) groups excluding carboxylic acids is 1. The number of nitrogens with zero attached hydrogens (tertiary/aromatic N) is 1. The molecule has 0 unspecified atom stereocenters. The monoisotopic (exact) mass is 437 g/mol. The number of hydrogen-bond acceptors (Lipinski definition) is 4. The van der Waals surface area contributed by atoms with Crippen molar-refractivity contribution in [3.8, 4) is 0 Å². The van der Waals surface area contributed by atoms with Crippen molar-refractivity contribution in [2.24, 2.45) is 5.92 Å². The van der Waals surface area contributed by atoms with Crippen LogP contribution in [0, 0.1) is 11.7 Å². The molecule has 1 amide bonds. The molecule has 162 valence electrons. The van der Waals surface area contributed by atoms with Crippen LogP contribution < -0.4 is 15.5 Å². The minimum atomic E-state index is -0.270. The van der Waals surface area contributed by atoms with E-state index in [9.17, 15) is 9.18 Å². The summed E-state index contributed by atoms with van der Waals surface area (Å²) < 4.78 is 13.3. The maximum absolute atomic E-state index is 13.3. The topological polar surface area (TPSA) is 44.4 Å². The third kappa shape index (κ3) is 5.71. The van der Waals surface area contributed by atoms with Gasteiger partial charge < -0.3 is 10.2 Å². The van der Waals surface area contributed by atoms with Crippen LogP contribution >= 0.6 is 11.3 Å². The van der Waals surface area contributed by atoms with Crippen LogP contribution in [0.15, 0.2) is 66.0 Å². The SMILES string of the molecule is CC1CCN(c2ccc(NC(=O)CN[C@H](c3ccc(F)cc3)c3cccs3)cc2)CC1. The second-order valence-corrected chi connectivity index (χ2v) is 9.12. The number of thiophene rings is 1. The third-order valence-corrected chi connectivity index (χ3v) is 6.73. The summed E-state index contributed by atoms with van der Waals surface area (Å²) in [7, 11) is 0. The zero-order valence-corrected chi connectivity index (χ0v) is 18.5. The van der Waals surface area contributed by atoms with Gasteiger partial charge in [0.15, 0.2) is 0 Å². The Kier molecular flexibility index (Phi) is 6.99. The first-order valence-electron chi connectivity index (χ1n) is 10.8. The second-order valence-electron chi connectivity index (χ2n) is 8.15. The molecule has 0 aliphatic carbocycles. The number of amides is 1. The fraction of sp³-hybridized carbons (Fsp3) is 0.320. The minimum Gasteiger partial charge on any atom is -0.372 e. The van der Waals surface area contributed by atoms with E-state index in [-0.39, 0.29) is 24.3 Å². The van der Waals surface area contributed by atoms with E-state index in [4.69, 9.17) is 0 Å². The lowest BCUT2D eigenvalue weighted by molar-refractivity contribution is -0.115. The van der Waals surface area contributed by atoms with Gasteiger partial charge in [0.05, 0.1) is 12.6 Å². The van der Waals surface area contributed by atoms with Crippen LogP contribution in [0.1, 0.15) is 36.2 Å². The van der Waals surface area contributed by atoms with Crippen molar-refractivity contribution >= 4 is 28.6 Å². The smallest absolute Gasteiger partial charge is 0.238 e. The molecule has 1 aromatic heterocycles. The van der Waals surface area contributed by atoms with E-state index in [2.05, 4.69) is 34.6 Å². The van der Waals surface area contributed by atoms with E-state index in [1.54, 1.807) is 23.5 Å². The molecule has 3 aromatic rings. The number of benzene rings is 2. The van der Waals surface area contributed by atoms with Gasteiger partial charge in [-0.2, -0.15) is 0 Å². The summed E-state index contributed by atoms with van der Waals surface area (Å²) in [6.45, 7) is 4.64. The molecule has 1 atom stereocenters. The number of piperidine rings is 1. The lowest BCUT2D eigenvalue weighted by Crippen LogP contribution is -2.32. The van der Waals surface area contributed by atoms with Crippen LogP contribution in [-0.4, -0.2) is 25.5 Å². The van der Waals surface area contributed by atoms with Gasteiger partial charge in [-0.25, -0.2) is 4.39 Å². The maximum Gasteiger partial charge on any atom is 0.238 e. The Morgan fingerprint density at radius 1 is 1.10 bits per heavy atom. The van der Waals surface area contributed by atoms with Crippen LogP contribution in [0.3, 0.4) is 0 Å². The van der Waals surface area contributed by atoms with E-state index in [0.29, 0.717) is 0 Å². The zero-order valence-electron chi connectivity index (χ0n) is 17.7. The summed E-state index contributed by atoms with van der Waals surface area (Å²) in [6, 6.07) is 18.3. The van der Waals surface area contributed by atoms with Crippen molar-refractivity contribution in [2.75, 3.05) is 29.9 Å². The van der Waals surface area contributed by atoms with Gasteiger partial charge in [0.25, 0.3) is 0 Å². The molecule has 0 bridgehead atoms. The summed E-state index contributed by atoms with van der Waals surface area (Å²) >= 11 is 1.61. The van der Waals surface area contributed by atoms with Crippen LogP contribution in [0.2, 0.25) is 0 Å². The molecule has 0 radical (unpaired) electrons.